The Morgan fingerprint density at radius 2 is 1.50 bits per heavy atom. The van der Waals surface area contributed by atoms with Crippen molar-refractivity contribution in [2.75, 3.05) is 7.11 Å². The van der Waals surface area contributed by atoms with E-state index in [4.69, 9.17) is 0 Å². The molecule has 2 nitrogen and oxygen atoms in total. The van der Waals surface area contributed by atoms with Crippen molar-refractivity contribution in [3.63, 3.8) is 0 Å². The number of hydrogen-bond donors (Lipinski definition) is 0. The maximum Gasteiger partial charge on any atom is 0.376 e. The van der Waals surface area contributed by atoms with Crippen LogP contribution in [0.5, 0.6) is 0 Å². The number of alkyl halides is 3. The van der Waals surface area contributed by atoms with Gasteiger partial charge in [-0.1, -0.05) is 87.8 Å². The molecular formula is C17H31F2IO2. The Balaban J connectivity index is 4.05. The van der Waals surface area contributed by atoms with Crippen LogP contribution < -0.4 is 0 Å². The average Bonchev–Trinajstić information content (AvgIpc) is 2.48. The van der Waals surface area contributed by atoms with Crippen LogP contribution >= 0.6 is 22.6 Å². The molecule has 0 bridgehead atoms. The largest absolute Gasteiger partial charge is 0.465 e. The molecule has 0 aliphatic heterocycles. The zero-order valence-electron chi connectivity index (χ0n) is 14.2. The van der Waals surface area contributed by atoms with Gasteiger partial charge in [-0.3, -0.25) is 0 Å². The molecule has 1 atom stereocenters. The molecule has 132 valence electrons. The van der Waals surface area contributed by atoms with Crippen molar-refractivity contribution in [2.45, 2.75) is 93.8 Å². The Bertz CT molecular complexity index is 311. The molecule has 0 aromatic heterocycles. The lowest BCUT2D eigenvalue weighted by molar-refractivity contribution is -0.170. The molecule has 1 unspecified atom stereocenters. The lowest BCUT2D eigenvalue weighted by Gasteiger charge is -2.29. The predicted octanol–water partition coefficient (Wildman–Crippen LogP) is 6.30. The highest BCUT2D eigenvalue weighted by molar-refractivity contribution is 14.1. The monoisotopic (exact) mass is 432 g/mol. The van der Waals surface area contributed by atoms with E-state index >= 15 is 0 Å². The lowest BCUT2D eigenvalue weighted by atomic mass is 9.91. The zero-order chi connectivity index (χ0) is 17.1. The molecule has 0 aromatic carbocycles. The van der Waals surface area contributed by atoms with Crippen LogP contribution in [0.1, 0.15) is 84.5 Å². The average molecular weight is 432 g/mol. The zero-order valence-corrected chi connectivity index (χ0v) is 16.4. The highest BCUT2D eigenvalue weighted by Gasteiger charge is 2.46. The van der Waals surface area contributed by atoms with Gasteiger partial charge in [-0.2, -0.15) is 8.78 Å². The van der Waals surface area contributed by atoms with Crippen molar-refractivity contribution in [2.24, 2.45) is 0 Å². The number of carbonyl (C=O) groups excluding carboxylic acids is 1. The third-order valence-corrected chi connectivity index (χ3v) is 5.82. The summed E-state index contributed by atoms with van der Waals surface area (Å²) in [6.07, 6.45) is 10.5. The Morgan fingerprint density at radius 3 is 1.95 bits per heavy atom. The van der Waals surface area contributed by atoms with Crippen LogP contribution in [0, 0.1) is 0 Å². The van der Waals surface area contributed by atoms with E-state index in [-0.39, 0.29) is 0 Å². The molecule has 0 rings (SSSR count). The molecule has 0 amide bonds. The first-order chi connectivity index (χ1) is 10.3. The number of hydrogen-bond acceptors (Lipinski definition) is 2. The quantitative estimate of drug-likeness (QED) is 0.148. The molecule has 0 heterocycles. The number of unbranched alkanes of at least 4 members (excludes halogenated alkanes) is 7. The molecule has 0 aliphatic carbocycles. The summed E-state index contributed by atoms with van der Waals surface area (Å²) in [6.45, 7) is 4.11. The summed E-state index contributed by atoms with van der Waals surface area (Å²) in [5, 5.41) is 0. The van der Waals surface area contributed by atoms with Crippen molar-refractivity contribution in [3.8, 4) is 0 Å². The molecule has 0 saturated carbocycles. The summed E-state index contributed by atoms with van der Waals surface area (Å²) < 4.78 is 31.2. The van der Waals surface area contributed by atoms with Crippen LogP contribution in [0.3, 0.4) is 0 Å². The van der Waals surface area contributed by atoms with Gasteiger partial charge in [0, 0.05) is 9.84 Å². The van der Waals surface area contributed by atoms with E-state index in [1.165, 1.54) is 38.5 Å². The summed E-state index contributed by atoms with van der Waals surface area (Å²) in [5.74, 6) is -4.80. The summed E-state index contributed by atoms with van der Waals surface area (Å²) >= 11 is 2.11. The van der Waals surface area contributed by atoms with Crippen LogP contribution in [0.4, 0.5) is 8.78 Å². The molecule has 22 heavy (non-hydrogen) atoms. The fraction of sp³-hybridized carbons (Fsp3) is 0.941. The molecule has 0 spiro atoms. The molecule has 0 fully saturated rings. The van der Waals surface area contributed by atoms with Gasteiger partial charge < -0.3 is 4.74 Å². The van der Waals surface area contributed by atoms with Crippen molar-refractivity contribution < 1.29 is 18.3 Å². The number of rotatable bonds is 13. The van der Waals surface area contributed by atoms with Gasteiger partial charge in [0.05, 0.1) is 7.11 Å². The SMILES string of the molecule is CCCCCCCCCCC(I)(CC)CC(F)(F)C(=O)OC. The number of esters is 1. The number of methoxy groups -OCH3 is 1. The van der Waals surface area contributed by atoms with Crippen LogP contribution in [-0.2, 0) is 9.53 Å². The molecule has 0 saturated heterocycles. The number of halogens is 3. The van der Waals surface area contributed by atoms with Gasteiger partial charge in [-0.25, -0.2) is 4.79 Å². The van der Waals surface area contributed by atoms with Crippen LogP contribution in [0.2, 0.25) is 0 Å². The van der Waals surface area contributed by atoms with Crippen LogP contribution in [0.15, 0.2) is 0 Å². The molecule has 0 aromatic rings. The molecule has 5 heteroatoms. The molecule has 0 radical (unpaired) electrons. The highest BCUT2D eigenvalue weighted by atomic mass is 127. The van der Waals surface area contributed by atoms with E-state index in [1.807, 2.05) is 6.92 Å². The Morgan fingerprint density at radius 1 is 1.00 bits per heavy atom. The van der Waals surface area contributed by atoms with E-state index in [0.717, 1.165) is 26.4 Å². The van der Waals surface area contributed by atoms with Crippen molar-refractivity contribution >= 4 is 28.6 Å². The fourth-order valence-corrected chi connectivity index (χ4v) is 3.45. The smallest absolute Gasteiger partial charge is 0.376 e. The predicted molar refractivity (Wildman–Crippen MR) is 95.8 cm³/mol. The van der Waals surface area contributed by atoms with Crippen molar-refractivity contribution in [1.82, 2.24) is 0 Å². The second kappa shape index (κ2) is 11.6. The number of carbonyl (C=O) groups is 1. The third-order valence-electron chi connectivity index (χ3n) is 4.13. The first-order valence-electron chi connectivity index (χ1n) is 8.46. The van der Waals surface area contributed by atoms with Crippen LogP contribution in [0.25, 0.3) is 0 Å². The maximum atomic E-state index is 13.8. The lowest BCUT2D eigenvalue weighted by Crippen LogP contribution is -2.38. The van der Waals surface area contributed by atoms with E-state index in [0.29, 0.717) is 6.42 Å². The first kappa shape index (κ1) is 22.1. The van der Waals surface area contributed by atoms with Gasteiger partial charge in [0.25, 0.3) is 0 Å². The van der Waals surface area contributed by atoms with E-state index in [1.54, 1.807) is 0 Å². The minimum absolute atomic E-state index is 0.430. The standard InChI is InChI=1S/C17H31F2IO2/c1-4-6-7-8-9-10-11-12-13-16(20,5-2)14-17(18,19)15(21)22-3/h4-14H2,1-3H3. The van der Waals surface area contributed by atoms with E-state index in [9.17, 15) is 13.6 Å². The first-order valence-corrected chi connectivity index (χ1v) is 9.54. The van der Waals surface area contributed by atoms with Gasteiger partial charge in [-0.05, 0) is 12.8 Å². The Kier molecular flexibility index (Phi) is 11.6. The second-order valence-electron chi connectivity index (χ2n) is 6.10. The van der Waals surface area contributed by atoms with Gasteiger partial charge in [-0.15, -0.1) is 0 Å². The van der Waals surface area contributed by atoms with Gasteiger partial charge in [0.1, 0.15) is 0 Å². The second-order valence-corrected chi connectivity index (χ2v) is 8.39. The Labute approximate surface area is 147 Å². The fourth-order valence-electron chi connectivity index (χ4n) is 2.59. The van der Waals surface area contributed by atoms with E-state index < -0.39 is 21.7 Å². The summed E-state index contributed by atoms with van der Waals surface area (Å²) in [7, 11) is 1.01. The van der Waals surface area contributed by atoms with Gasteiger partial charge in [0.15, 0.2) is 0 Å². The molecule has 0 N–H and O–H groups in total. The van der Waals surface area contributed by atoms with Gasteiger partial charge >= 0.3 is 11.9 Å². The minimum Gasteiger partial charge on any atom is -0.465 e. The molecular weight excluding hydrogens is 401 g/mol. The third kappa shape index (κ3) is 9.26. The highest BCUT2D eigenvalue weighted by Crippen LogP contribution is 2.40. The summed E-state index contributed by atoms with van der Waals surface area (Å²) in [5.41, 5.74) is 0. The maximum absolute atomic E-state index is 13.8. The van der Waals surface area contributed by atoms with Gasteiger partial charge in [0.2, 0.25) is 0 Å². The van der Waals surface area contributed by atoms with Crippen molar-refractivity contribution in [3.05, 3.63) is 0 Å². The van der Waals surface area contributed by atoms with Crippen molar-refractivity contribution in [1.29, 1.82) is 0 Å². The molecule has 0 aliphatic rings. The Hall–Kier alpha value is 0.0600. The normalized spacial score (nSPS) is 14.6. The summed E-state index contributed by atoms with van der Waals surface area (Å²) in [4.78, 5) is 11.2. The van der Waals surface area contributed by atoms with Crippen LogP contribution in [-0.4, -0.2) is 22.4 Å². The summed E-state index contributed by atoms with van der Waals surface area (Å²) in [6, 6.07) is 0. The van der Waals surface area contributed by atoms with E-state index in [2.05, 4.69) is 34.3 Å². The minimum atomic E-state index is -3.38. The topological polar surface area (TPSA) is 26.3 Å². The number of ether oxygens (including phenoxy) is 1.